The Bertz CT molecular complexity index is 1750. The molecule has 0 spiro atoms. The minimum Gasteiger partial charge on any atom is -0.462 e. The van der Waals surface area contributed by atoms with Crippen LogP contribution in [-0.4, -0.2) is 96.7 Å². The normalized spacial score (nSPS) is 14.8. The van der Waals surface area contributed by atoms with Crippen molar-refractivity contribution in [2.75, 3.05) is 39.6 Å². The number of carbonyl (C=O) groups excluding carboxylic acids is 4. The van der Waals surface area contributed by atoms with E-state index in [2.05, 4.69) is 48.5 Å². The number of hydrogen-bond acceptors (Lipinski definition) is 15. The van der Waals surface area contributed by atoms with E-state index in [1.165, 1.54) is 154 Å². The van der Waals surface area contributed by atoms with Crippen LogP contribution in [0, 0.1) is 17.8 Å². The number of ether oxygens (including phenoxy) is 4. The summed E-state index contributed by atoms with van der Waals surface area (Å²) < 4.78 is 68.3. The van der Waals surface area contributed by atoms with Gasteiger partial charge in [0.25, 0.3) is 0 Å². The van der Waals surface area contributed by atoms with Crippen molar-refractivity contribution >= 4 is 39.5 Å². The van der Waals surface area contributed by atoms with E-state index in [0.717, 1.165) is 114 Å². The van der Waals surface area contributed by atoms with E-state index >= 15 is 0 Å². The summed E-state index contributed by atoms with van der Waals surface area (Å²) in [4.78, 5) is 72.5. The van der Waals surface area contributed by atoms with Gasteiger partial charge in [0.15, 0.2) is 12.2 Å². The first-order valence-electron chi connectivity index (χ1n) is 36.4. The third kappa shape index (κ3) is 62.0. The molecule has 0 bridgehead atoms. The first-order valence-corrected chi connectivity index (χ1v) is 39.4. The van der Waals surface area contributed by atoms with Crippen LogP contribution in [0.25, 0.3) is 0 Å². The van der Waals surface area contributed by atoms with Crippen LogP contribution in [0.3, 0.4) is 0 Å². The molecule has 0 rings (SSSR count). The molecule has 4 unspecified atom stereocenters. The standard InChI is InChI=1S/C70H136O17P2/c1-8-11-12-13-14-15-16-17-18-19-23-29-37-44-51-67(72)80-57-65(86-69(74)53-46-39-30-24-21-20-22-28-35-42-49-62(6)9-2)59-84-88(76,77)82-55-64(71)56-83-89(78,79)85-60-66(58-81-68(73)52-45-38-33-32-36-43-50-63(7)10-3)87-70(75)54-47-40-31-26-25-27-34-41-48-61(4)5/h61-66,71H,8-60H2,1-7H3,(H,76,77)(H,78,79)/t62?,63?,64-,65-,66-/m1/s1. The molecule has 0 heterocycles. The minimum atomic E-state index is -4.95. The molecule has 0 aromatic rings. The Hall–Kier alpha value is -1.94. The number of phosphoric ester groups is 2. The summed E-state index contributed by atoms with van der Waals surface area (Å²) in [6.07, 6.45) is 44.4. The molecule has 0 aliphatic carbocycles. The number of unbranched alkanes of at least 4 members (excludes halogenated alkanes) is 34. The summed E-state index contributed by atoms with van der Waals surface area (Å²) in [5.41, 5.74) is 0. The quantitative estimate of drug-likeness (QED) is 0.0222. The maximum absolute atomic E-state index is 13.0. The number of aliphatic hydroxyl groups is 1. The maximum Gasteiger partial charge on any atom is 0.472 e. The topological polar surface area (TPSA) is 237 Å². The summed E-state index contributed by atoms with van der Waals surface area (Å²) >= 11 is 0. The highest BCUT2D eigenvalue weighted by Gasteiger charge is 2.30. The van der Waals surface area contributed by atoms with Crippen LogP contribution in [0.4, 0.5) is 0 Å². The third-order valence-corrected chi connectivity index (χ3v) is 18.8. The van der Waals surface area contributed by atoms with Crippen LogP contribution in [0.15, 0.2) is 0 Å². The summed E-state index contributed by atoms with van der Waals surface area (Å²) in [5.74, 6) is 0.124. The third-order valence-electron chi connectivity index (χ3n) is 16.9. The molecule has 0 aromatic carbocycles. The second kappa shape index (κ2) is 61.0. The van der Waals surface area contributed by atoms with Crippen LogP contribution in [0.1, 0.15) is 350 Å². The van der Waals surface area contributed by atoms with Crippen LogP contribution < -0.4 is 0 Å². The molecule has 3 N–H and O–H groups in total. The predicted molar refractivity (Wildman–Crippen MR) is 358 cm³/mol. The number of phosphoric acid groups is 2. The van der Waals surface area contributed by atoms with Gasteiger partial charge in [-0.15, -0.1) is 0 Å². The molecule has 0 fully saturated rings. The van der Waals surface area contributed by atoms with E-state index in [-0.39, 0.29) is 25.7 Å². The van der Waals surface area contributed by atoms with E-state index in [1.54, 1.807) is 0 Å². The predicted octanol–water partition coefficient (Wildman–Crippen LogP) is 19.8. The summed E-state index contributed by atoms with van der Waals surface area (Å²) in [6, 6.07) is 0. The maximum atomic E-state index is 13.0. The lowest BCUT2D eigenvalue weighted by Crippen LogP contribution is -2.30. The van der Waals surface area contributed by atoms with E-state index in [1.807, 2.05) is 0 Å². The van der Waals surface area contributed by atoms with E-state index < -0.39 is 97.5 Å². The lowest BCUT2D eigenvalue weighted by atomic mass is 9.99. The fraction of sp³-hybridized carbons (Fsp3) is 0.943. The number of aliphatic hydroxyl groups excluding tert-OH is 1. The molecule has 0 aromatic heterocycles. The molecule has 0 amide bonds. The summed E-state index contributed by atoms with van der Waals surface area (Å²) in [7, 11) is -9.90. The minimum absolute atomic E-state index is 0.103. The molecular weight excluding hydrogens is 1170 g/mol. The van der Waals surface area contributed by atoms with Crippen molar-refractivity contribution in [3.8, 4) is 0 Å². The lowest BCUT2D eigenvalue weighted by Gasteiger charge is -2.21. The highest BCUT2D eigenvalue weighted by atomic mass is 31.2. The van der Waals surface area contributed by atoms with Gasteiger partial charge in [-0.1, -0.05) is 299 Å². The van der Waals surface area contributed by atoms with Gasteiger partial charge < -0.3 is 33.8 Å². The van der Waals surface area contributed by atoms with E-state index in [4.69, 9.17) is 37.0 Å². The van der Waals surface area contributed by atoms with E-state index in [0.29, 0.717) is 25.7 Å². The largest absolute Gasteiger partial charge is 0.472 e. The van der Waals surface area contributed by atoms with E-state index in [9.17, 15) is 43.2 Å². The van der Waals surface area contributed by atoms with Gasteiger partial charge in [-0.3, -0.25) is 37.3 Å². The van der Waals surface area contributed by atoms with Gasteiger partial charge in [-0.05, 0) is 43.4 Å². The van der Waals surface area contributed by atoms with Crippen molar-refractivity contribution in [2.24, 2.45) is 17.8 Å². The SMILES string of the molecule is CCCCCCCCCCCCCCCCC(=O)OC[C@H](COP(=O)(O)OC[C@@H](O)COP(=O)(O)OC[C@@H](COC(=O)CCCCCCCCC(C)CC)OC(=O)CCCCCCCCCCC(C)C)OC(=O)CCCCCCCCCCCCC(C)CC. The molecule has 17 nitrogen and oxygen atoms in total. The molecular formula is C70H136O17P2. The first kappa shape index (κ1) is 87.1. The highest BCUT2D eigenvalue weighted by molar-refractivity contribution is 7.47. The molecule has 0 aliphatic rings. The highest BCUT2D eigenvalue weighted by Crippen LogP contribution is 2.45. The molecule has 0 radical (unpaired) electrons. The first-order chi connectivity index (χ1) is 42.8. The van der Waals surface area contributed by atoms with Gasteiger partial charge in [0.2, 0.25) is 0 Å². The van der Waals surface area contributed by atoms with Crippen molar-refractivity contribution in [3.63, 3.8) is 0 Å². The van der Waals surface area contributed by atoms with Gasteiger partial charge in [0.1, 0.15) is 19.3 Å². The van der Waals surface area contributed by atoms with Gasteiger partial charge in [-0.25, -0.2) is 9.13 Å². The Morgan fingerprint density at radius 1 is 0.326 bits per heavy atom. The Morgan fingerprint density at radius 3 is 0.854 bits per heavy atom. The summed E-state index contributed by atoms with van der Waals surface area (Å²) in [6.45, 7) is 11.8. The van der Waals surface area contributed by atoms with Crippen molar-refractivity contribution < 1.29 is 80.2 Å². The smallest absolute Gasteiger partial charge is 0.462 e. The fourth-order valence-electron chi connectivity index (χ4n) is 10.5. The Kier molecular flexibility index (Phi) is 59.6. The zero-order valence-corrected chi connectivity index (χ0v) is 59.7. The fourth-order valence-corrected chi connectivity index (χ4v) is 12.1. The van der Waals surface area contributed by atoms with Crippen molar-refractivity contribution in [2.45, 2.75) is 369 Å². The number of carbonyl (C=O) groups is 4. The van der Waals surface area contributed by atoms with Crippen LogP contribution >= 0.6 is 15.6 Å². The second-order valence-corrected chi connectivity index (χ2v) is 29.1. The molecule has 0 saturated carbocycles. The lowest BCUT2D eigenvalue weighted by molar-refractivity contribution is -0.161. The van der Waals surface area contributed by atoms with Crippen LogP contribution in [-0.2, 0) is 65.4 Å². The van der Waals surface area contributed by atoms with Crippen molar-refractivity contribution in [3.05, 3.63) is 0 Å². The molecule has 89 heavy (non-hydrogen) atoms. The molecule has 528 valence electrons. The van der Waals surface area contributed by atoms with Gasteiger partial charge in [0, 0.05) is 25.7 Å². The number of rotatable bonds is 68. The zero-order valence-electron chi connectivity index (χ0n) is 57.9. The molecule has 0 saturated heterocycles. The molecule has 19 heteroatoms. The zero-order chi connectivity index (χ0) is 65.9. The monoisotopic (exact) mass is 1310 g/mol. The Labute approximate surface area is 543 Å². The summed E-state index contributed by atoms with van der Waals surface area (Å²) in [5, 5.41) is 10.6. The molecule has 7 atom stereocenters. The van der Waals surface area contributed by atoms with Gasteiger partial charge >= 0.3 is 39.5 Å². The Balaban J connectivity index is 5.26. The Morgan fingerprint density at radius 2 is 0.573 bits per heavy atom. The van der Waals surface area contributed by atoms with Crippen LogP contribution in [0.2, 0.25) is 0 Å². The van der Waals surface area contributed by atoms with Crippen molar-refractivity contribution in [1.82, 2.24) is 0 Å². The molecule has 0 aliphatic heterocycles. The average Bonchev–Trinajstić information content (AvgIpc) is 3.71. The second-order valence-electron chi connectivity index (χ2n) is 26.2. The number of esters is 4. The van der Waals surface area contributed by atoms with Crippen molar-refractivity contribution in [1.29, 1.82) is 0 Å². The van der Waals surface area contributed by atoms with Crippen LogP contribution in [0.5, 0.6) is 0 Å². The van der Waals surface area contributed by atoms with Gasteiger partial charge in [-0.2, -0.15) is 0 Å². The number of hydrogen-bond donors (Lipinski definition) is 3. The van der Waals surface area contributed by atoms with Gasteiger partial charge in [0.05, 0.1) is 26.4 Å². The average molecular weight is 1310 g/mol.